The molecule has 1 saturated carbocycles. The van der Waals surface area contributed by atoms with Crippen LogP contribution >= 0.6 is 0 Å². The molecule has 0 saturated heterocycles. The Labute approximate surface area is 107 Å². The molecule has 1 aromatic rings. The molecule has 0 radical (unpaired) electrons. The third-order valence-electron chi connectivity index (χ3n) is 4.02. The fourth-order valence-corrected chi connectivity index (χ4v) is 3.00. The molecule has 1 aliphatic carbocycles. The van der Waals surface area contributed by atoms with E-state index in [0.29, 0.717) is 5.92 Å². The molecule has 18 heavy (non-hydrogen) atoms. The molecule has 0 heterocycles. The lowest BCUT2D eigenvalue weighted by Crippen LogP contribution is -2.15. The summed E-state index contributed by atoms with van der Waals surface area (Å²) in [7, 11) is 0. The number of hydrogen-bond donors (Lipinski definition) is 1. The van der Waals surface area contributed by atoms with Gasteiger partial charge in [0.05, 0.1) is 0 Å². The Bertz CT molecular complexity index is 364. The van der Waals surface area contributed by atoms with Gasteiger partial charge in [0.25, 0.3) is 0 Å². The maximum Gasteiger partial charge on any atom is 0.126 e. The topological polar surface area (TPSA) is 26.0 Å². The summed E-state index contributed by atoms with van der Waals surface area (Å²) in [6.07, 6.45) is 6.67. The lowest BCUT2D eigenvalue weighted by atomic mass is 9.77. The molecule has 0 aromatic heterocycles. The summed E-state index contributed by atoms with van der Waals surface area (Å²) in [6, 6.07) is 3.90. The van der Waals surface area contributed by atoms with Crippen LogP contribution in [0.4, 0.5) is 8.78 Å². The molecule has 100 valence electrons. The van der Waals surface area contributed by atoms with Gasteiger partial charge in [0.2, 0.25) is 0 Å². The summed E-state index contributed by atoms with van der Waals surface area (Å²) in [5.41, 5.74) is 6.34. The smallest absolute Gasteiger partial charge is 0.126 e. The van der Waals surface area contributed by atoms with E-state index >= 15 is 0 Å². The highest BCUT2D eigenvalue weighted by molar-refractivity contribution is 5.22. The number of benzene rings is 1. The van der Waals surface area contributed by atoms with E-state index in [1.807, 2.05) is 0 Å². The third kappa shape index (κ3) is 3.52. The second kappa shape index (κ2) is 6.28. The average Bonchev–Trinajstić information content (AvgIpc) is 2.36. The van der Waals surface area contributed by atoms with Crippen molar-refractivity contribution < 1.29 is 8.78 Å². The maximum atomic E-state index is 13.2. The Hall–Kier alpha value is -0.960. The summed E-state index contributed by atoms with van der Waals surface area (Å²) in [6.45, 7) is 0.759. The van der Waals surface area contributed by atoms with E-state index in [0.717, 1.165) is 56.2 Å². The lowest BCUT2D eigenvalue weighted by molar-refractivity contribution is 0.305. The van der Waals surface area contributed by atoms with E-state index in [1.54, 1.807) is 0 Å². The van der Waals surface area contributed by atoms with Crippen molar-refractivity contribution in [2.24, 2.45) is 11.7 Å². The van der Waals surface area contributed by atoms with Crippen LogP contribution < -0.4 is 5.73 Å². The summed E-state index contributed by atoms with van der Waals surface area (Å²) in [4.78, 5) is 0. The highest BCUT2D eigenvalue weighted by Crippen LogP contribution is 2.37. The summed E-state index contributed by atoms with van der Waals surface area (Å²) in [5.74, 6) is 0.151. The normalized spacial score (nSPS) is 24.2. The first-order chi connectivity index (χ1) is 8.69. The first-order valence-corrected chi connectivity index (χ1v) is 6.85. The van der Waals surface area contributed by atoms with Crippen molar-refractivity contribution in [3.63, 3.8) is 0 Å². The predicted molar refractivity (Wildman–Crippen MR) is 69.3 cm³/mol. The van der Waals surface area contributed by atoms with E-state index in [1.165, 1.54) is 18.6 Å². The van der Waals surface area contributed by atoms with E-state index in [9.17, 15) is 8.78 Å². The summed E-state index contributed by atoms with van der Waals surface area (Å²) >= 11 is 0. The van der Waals surface area contributed by atoms with Crippen molar-refractivity contribution in [3.05, 3.63) is 35.4 Å². The molecule has 0 aliphatic heterocycles. The van der Waals surface area contributed by atoms with Gasteiger partial charge in [-0.05, 0) is 74.6 Å². The molecule has 0 unspecified atom stereocenters. The van der Waals surface area contributed by atoms with Crippen molar-refractivity contribution in [2.75, 3.05) is 6.54 Å². The van der Waals surface area contributed by atoms with Gasteiger partial charge in [-0.2, -0.15) is 0 Å². The van der Waals surface area contributed by atoms with Gasteiger partial charge in [-0.3, -0.25) is 0 Å². The number of rotatable bonds is 4. The van der Waals surface area contributed by atoms with E-state index < -0.39 is 11.6 Å². The van der Waals surface area contributed by atoms with Crippen LogP contribution in [-0.4, -0.2) is 6.54 Å². The average molecular weight is 253 g/mol. The van der Waals surface area contributed by atoms with Crippen molar-refractivity contribution in [2.45, 2.75) is 44.4 Å². The molecule has 1 nitrogen and oxygen atoms in total. The van der Waals surface area contributed by atoms with Gasteiger partial charge in [-0.15, -0.1) is 0 Å². The molecule has 1 aromatic carbocycles. The molecule has 0 amide bonds. The molecule has 0 bridgehead atoms. The highest BCUT2D eigenvalue weighted by Gasteiger charge is 2.22. The SMILES string of the molecule is NCCCC1CCC(c2cc(F)cc(F)c2)CC1. The van der Waals surface area contributed by atoms with Gasteiger partial charge >= 0.3 is 0 Å². The quantitative estimate of drug-likeness (QED) is 0.863. The Balaban J connectivity index is 1.92. The summed E-state index contributed by atoms with van der Waals surface area (Å²) < 4.78 is 26.3. The predicted octanol–water partition coefficient (Wildman–Crippen LogP) is 3.98. The fraction of sp³-hybridized carbons (Fsp3) is 0.600. The summed E-state index contributed by atoms with van der Waals surface area (Å²) in [5, 5.41) is 0. The van der Waals surface area contributed by atoms with Crippen LogP contribution in [0.15, 0.2) is 18.2 Å². The van der Waals surface area contributed by atoms with E-state index in [2.05, 4.69) is 0 Å². The van der Waals surface area contributed by atoms with Crippen LogP contribution in [0.5, 0.6) is 0 Å². The van der Waals surface area contributed by atoms with Gasteiger partial charge in [-0.25, -0.2) is 8.78 Å². The molecular weight excluding hydrogens is 232 g/mol. The molecule has 2 N–H and O–H groups in total. The van der Waals surface area contributed by atoms with Crippen LogP contribution in [0.25, 0.3) is 0 Å². The zero-order valence-corrected chi connectivity index (χ0v) is 10.7. The third-order valence-corrected chi connectivity index (χ3v) is 4.02. The van der Waals surface area contributed by atoms with Gasteiger partial charge in [-0.1, -0.05) is 0 Å². The van der Waals surface area contributed by atoms with E-state index in [4.69, 9.17) is 5.73 Å². The van der Waals surface area contributed by atoms with Crippen LogP contribution in [0.1, 0.15) is 50.0 Å². The van der Waals surface area contributed by atoms with Crippen molar-refractivity contribution >= 4 is 0 Å². The zero-order chi connectivity index (χ0) is 13.0. The first kappa shape index (κ1) is 13.5. The monoisotopic (exact) mass is 253 g/mol. The van der Waals surface area contributed by atoms with Crippen molar-refractivity contribution in [3.8, 4) is 0 Å². The number of nitrogens with two attached hydrogens (primary N) is 1. The first-order valence-electron chi connectivity index (χ1n) is 6.85. The molecule has 0 atom stereocenters. The Morgan fingerprint density at radius 2 is 1.61 bits per heavy atom. The minimum atomic E-state index is -0.463. The minimum Gasteiger partial charge on any atom is -0.330 e. The molecule has 3 heteroatoms. The van der Waals surface area contributed by atoms with Crippen molar-refractivity contribution in [1.29, 1.82) is 0 Å². The van der Waals surface area contributed by atoms with Gasteiger partial charge in [0.1, 0.15) is 11.6 Å². The maximum absolute atomic E-state index is 13.2. The highest BCUT2D eigenvalue weighted by atomic mass is 19.1. The van der Waals surface area contributed by atoms with Crippen LogP contribution in [-0.2, 0) is 0 Å². The van der Waals surface area contributed by atoms with Crippen LogP contribution in [0, 0.1) is 17.6 Å². The molecule has 1 aliphatic rings. The van der Waals surface area contributed by atoms with Gasteiger partial charge in [0, 0.05) is 6.07 Å². The Kier molecular flexibility index (Phi) is 4.70. The lowest BCUT2D eigenvalue weighted by Gasteiger charge is -2.28. The second-order valence-corrected chi connectivity index (χ2v) is 5.35. The Morgan fingerprint density at radius 1 is 1.00 bits per heavy atom. The molecular formula is C15H21F2N. The van der Waals surface area contributed by atoms with Crippen LogP contribution in [0.3, 0.4) is 0 Å². The van der Waals surface area contributed by atoms with Crippen molar-refractivity contribution in [1.82, 2.24) is 0 Å². The van der Waals surface area contributed by atoms with Crippen LogP contribution in [0.2, 0.25) is 0 Å². The zero-order valence-electron chi connectivity index (χ0n) is 10.7. The minimum absolute atomic E-state index is 0.323. The van der Waals surface area contributed by atoms with E-state index in [-0.39, 0.29) is 0 Å². The fourth-order valence-electron chi connectivity index (χ4n) is 3.00. The molecule has 0 spiro atoms. The number of halogens is 2. The van der Waals surface area contributed by atoms with Gasteiger partial charge < -0.3 is 5.73 Å². The Morgan fingerprint density at radius 3 is 2.17 bits per heavy atom. The van der Waals surface area contributed by atoms with Gasteiger partial charge in [0.15, 0.2) is 0 Å². The second-order valence-electron chi connectivity index (χ2n) is 5.35. The number of hydrogen-bond acceptors (Lipinski definition) is 1. The standard InChI is InChI=1S/C15H21F2N/c16-14-8-13(9-15(17)10-14)12-5-3-11(4-6-12)2-1-7-18/h8-12H,1-7,18H2. The molecule has 2 rings (SSSR count). The largest absolute Gasteiger partial charge is 0.330 e. The molecule has 1 fully saturated rings.